The van der Waals surface area contributed by atoms with E-state index in [4.69, 9.17) is 0 Å². The largest absolute Gasteiger partial charge is 0.433 e. The first-order valence-corrected chi connectivity index (χ1v) is 9.13. The van der Waals surface area contributed by atoms with E-state index in [0.717, 1.165) is 36.5 Å². The molecule has 1 amide bonds. The van der Waals surface area contributed by atoms with E-state index in [9.17, 15) is 18.0 Å². The van der Waals surface area contributed by atoms with Gasteiger partial charge in [0.25, 0.3) is 0 Å². The molecule has 0 saturated heterocycles. The van der Waals surface area contributed by atoms with Crippen LogP contribution >= 0.6 is 0 Å². The number of nitrogens with one attached hydrogen (secondary N) is 1. The van der Waals surface area contributed by atoms with Gasteiger partial charge in [0.2, 0.25) is 11.9 Å². The summed E-state index contributed by atoms with van der Waals surface area (Å²) in [6.45, 7) is 1.97. The average Bonchev–Trinajstić information content (AvgIpc) is 2.92. The molecule has 28 heavy (non-hydrogen) atoms. The number of carbonyl (C=O) groups is 1. The van der Waals surface area contributed by atoms with Crippen molar-refractivity contribution in [3.05, 3.63) is 53.2 Å². The molecule has 4 rings (SSSR count). The Bertz CT molecular complexity index is 1020. The summed E-state index contributed by atoms with van der Waals surface area (Å²) < 4.78 is 40.9. The van der Waals surface area contributed by atoms with Gasteiger partial charge in [-0.05, 0) is 43.9 Å². The SMILES string of the molecule is Cc1ccc(CC(=O)Nc2nc3ccc(C(F)(F)F)nc3n2C2CCC2)cc1. The molecule has 1 N–H and O–H groups in total. The van der Waals surface area contributed by atoms with E-state index in [2.05, 4.69) is 15.3 Å². The highest BCUT2D eigenvalue weighted by Gasteiger charge is 2.34. The summed E-state index contributed by atoms with van der Waals surface area (Å²) in [6, 6.07) is 9.82. The maximum absolute atomic E-state index is 13.1. The number of hydrogen-bond donors (Lipinski definition) is 1. The van der Waals surface area contributed by atoms with Gasteiger partial charge in [-0.1, -0.05) is 29.8 Å². The molecular formula is C20H19F3N4O. The number of aryl methyl sites for hydroxylation is 1. The van der Waals surface area contributed by atoms with Crippen molar-refractivity contribution in [2.45, 2.75) is 44.8 Å². The van der Waals surface area contributed by atoms with Crippen LogP contribution in [0.1, 0.15) is 42.1 Å². The molecule has 1 aliphatic carbocycles. The van der Waals surface area contributed by atoms with Gasteiger partial charge in [0.05, 0.1) is 6.42 Å². The Balaban J connectivity index is 1.65. The number of pyridine rings is 1. The molecule has 1 fully saturated rings. The number of alkyl halides is 3. The molecule has 1 aliphatic rings. The maximum Gasteiger partial charge on any atom is 0.433 e. The minimum absolute atomic E-state index is 0.00402. The standard InChI is InChI=1S/C20H19F3N4O/c1-12-5-7-13(8-6-12)11-17(28)26-19-24-15-9-10-16(20(21,22)23)25-18(15)27(19)14-3-2-4-14/h5-10,14H,2-4,11H2,1H3,(H,24,26,28). The van der Waals surface area contributed by atoms with Gasteiger partial charge in [0.15, 0.2) is 5.65 Å². The predicted molar refractivity (Wildman–Crippen MR) is 98.9 cm³/mol. The van der Waals surface area contributed by atoms with Gasteiger partial charge >= 0.3 is 6.18 Å². The monoisotopic (exact) mass is 388 g/mol. The van der Waals surface area contributed by atoms with Gasteiger partial charge in [0, 0.05) is 6.04 Å². The van der Waals surface area contributed by atoms with Gasteiger partial charge in [-0.15, -0.1) is 0 Å². The fraction of sp³-hybridized carbons (Fsp3) is 0.350. The van der Waals surface area contributed by atoms with E-state index in [0.29, 0.717) is 5.52 Å². The van der Waals surface area contributed by atoms with Crippen LogP contribution in [0.15, 0.2) is 36.4 Å². The zero-order chi connectivity index (χ0) is 19.9. The molecule has 1 saturated carbocycles. The van der Waals surface area contributed by atoms with Crippen LogP contribution in [0.5, 0.6) is 0 Å². The van der Waals surface area contributed by atoms with Crippen molar-refractivity contribution in [3.8, 4) is 0 Å². The molecule has 0 aliphatic heterocycles. The van der Waals surface area contributed by atoms with E-state index in [1.54, 1.807) is 4.57 Å². The molecule has 8 heteroatoms. The highest BCUT2D eigenvalue weighted by atomic mass is 19.4. The number of nitrogens with zero attached hydrogens (tertiary/aromatic N) is 3. The van der Waals surface area contributed by atoms with Crippen molar-refractivity contribution in [2.24, 2.45) is 0 Å². The second-order valence-electron chi connectivity index (χ2n) is 7.14. The zero-order valence-electron chi connectivity index (χ0n) is 15.3. The molecule has 0 atom stereocenters. The smallest absolute Gasteiger partial charge is 0.296 e. The van der Waals surface area contributed by atoms with Gasteiger partial charge in [-0.3, -0.25) is 14.7 Å². The molecule has 0 unspecified atom stereocenters. The summed E-state index contributed by atoms with van der Waals surface area (Å²) in [4.78, 5) is 20.6. The zero-order valence-corrected chi connectivity index (χ0v) is 15.3. The van der Waals surface area contributed by atoms with Crippen molar-refractivity contribution in [3.63, 3.8) is 0 Å². The molecule has 0 radical (unpaired) electrons. The highest BCUT2D eigenvalue weighted by molar-refractivity contribution is 5.92. The minimum atomic E-state index is -4.53. The number of aromatic nitrogens is 3. The summed E-state index contributed by atoms with van der Waals surface area (Å²) in [7, 11) is 0. The number of halogens is 3. The Morgan fingerprint density at radius 1 is 1.14 bits per heavy atom. The van der Waals surface area contributed by atoms with Gasteiger partial charge in [-0.25, -0.2) is 9.97 Å². The third kappa shape index (κ3) is 3.58. The minimum Gasteiger partial charge on any atom is -0.296 e. The summed E-state index contributed by atoms with van der Waals surface area (Å²) in [5.41, 5.74) is 1.49. The topological polar surface area (TPSA) is 59.8 Å². The van der Waals surface area contributed by atoms with Crippen LogP contribution in [0.2, 0.25) is 0 Å². The molecule has 3 aromatic rings. The van der Waals surface area contributed by atoms with Gasteiger partial charge in [0.1, 0.15) is 11.2 Å². The molecule has 0 bridgehead atoms. The average molecular weight is 388 g/mol. The van der Waals surface area contributed by atoms with Crippen LogP contribution in [-0.2, 0) is 17.4 Å². The molecule has 2 heterocycles. The van der Waals surface area contributed by atoms with Gasteiger partial charge < -0.3 is 0 Å². The van der Waals surface area contributed by atoms with E-state index in [1.807, 2.05) is 31.2 Å². The van der Waals surface area contributed by atoms with Crippen molar-refractivity contribution in [1.82, 2.24) is 14.5 Å². The van der Waals surface area contributed by atoms with Gasteiger partial charge in [-0.2, -0.15) is 13.2 Å². The highest BCUT2D eigenvalue weighted by Crippen LogP contribution is 2.37. The van der Waals surface area contributed by atoms with Crippen LogP contribution in [0, 0.1) is 6.92 Å². The van der Waals surface area contributed by atoms with Crippen LogP contribution < -0.4 is 5.32 Å². The lowest BCUT2D eigenvalue weighted by molar-refractivity contribution is -0.141. The Hall–Kier alpha value is -2.90. The summed E-state index contributed by atoms with van der Waals surface area (Å²) in [5, 5.41) is 2.76. The number of benzene rings is 1. The molecule has 0 spiro atoms. The first-order valence-electron chi connectivity index (χ1n) is 9.13. The third-order valence-electron chi connectivity index (χ3n) is 5.00. The van der Waals surface area contributed by atoms with Crippen molar-refractivity contribution in [1.29, 1.82) is 0 Å². The Morgan fingerprint density at radius 3 is 2.46 bits per heavy atom. The maximum atomic E-state index is 13.1. The predicted octanol–water partition coefficient (Wildman–Crippen LogP) is 4.66. The first kappa shape index (κ1) is 18.5. The fourth-order valence-corrected chi connectivity index (χ4v) is 3.27. The second-order valence-corrected chi connectivity index (χ2v) is 7.14. The summed E-state index contributed by atoms with van der Waals surface area (Å²) in [5.74, 6) is -0.0144. The molecule has 146 valence electrons. The number of imidazole rings is 1. The lowest BCUT2D eigenvalue weighted by atomic mass is 9.93. The molecule has 5 nitrogen and oxygen atoms in total. The fourth-order valence-electron chi connectivity index (χ4n) is 3.27. The first-order chi connectivity index (χ1) is 13.3. The number of hydrogen-bond acceptors (Lipinski definition) is 3. The molecule has 2 aromatic heterocycles. The van der Waals surface area contributed by atoms with Crippen LogP contribution in [0.3, 0.4) is 0 Å². The number of carbonyl (C=O) groups excluding carboxylic acids is 1. The number of fused-ring (bicyclic) bond motifs is 1. The van der Waals surface area contributed by atoms with Crippen LogP contribution in [0.4, 0.5) is 19.1 Å². The van der Waals surface area contributed by atoms with Crippen molar-refractivity contribution in [2.75, 3.05) is 5.32 Å². The Morgan fingerprint density at radius 2 is 1.86 bits per heavy atom. The third-order valence-corrected chi connectivity index (χ3v) is 5.00. The summed E-state index contributed by atoms with van der Waals surface area (Å²) in [6.07, 6.45) is -1.73. The van der Waals surface area contributed by atoms with E-state index >= 15 is 0 Å². The quantitative estimate of drug-likeness (QED) is 0.707. The number of rotatable bonds is 4. The number of anilines is 1. The Kier molecular flexibility index (Phi) is 4.56. The van der Waals surface area contributed by atoms with E-state index < -0.39 is 11.9 Å². The van der Waals surface area contributed by atoms with E-state index in [1.165, 1.54) is 6.07 Å². The molecule has 1 aromatic carbocycles. The number of amides is 1. The van der Waals surface area contributed by atoms with Crippen LogP contribution in [-0.4, -0.2) is 20.4 Å². The second kappa shape index (κ2) is 6.92. The molecular weight excluding hydrogens is 369 g/mol. The van der Waals surface area contributed by atoms with Crippen LogP contribution in [0.25, 0.3) is 11.2 Å². The lowest BCUT2D eigenvalue weighted by Crippen LogP contribution is -2.23. The summed E-state index contributed by atoms with van der Waals surface area (Å²) >= 11 is 0. The van der Waals surface area contributed by atoms with Crippen molar-refractivity contribution < 1.29 is 18.0 Å². The van der Waals surface area contributed by atoms with E-state index in [-0.39, 0.29) is 30.0 Å². The van der Waals surface area contributed by atoms with Crippen molar-refractivity contribution >= 4 is 23.0 Å². The normalized spacial score (nSPS) is 14.9. The Labute approximate surface area is 159 Å². The lowest BCUT2D eigenvalue weighted by Gasteiger charge is -2.28.